The lowest BCUT2D eigenvalue weighted by Crippen LogP contribution is -2.46. The standard InChI is InChI=1S/C17H19ClN4O4/c1-11-16(19-20-22(11)14-4-2-3-12(18)9-14)17(25)21(10-15(23)24)13-5-7-26-8-6-13/h2-4,9,13H,5-8,10H2,1H3,(H,23,24). The predicted molar refractivity (Wildman–Crippen MR) is 93.6 cm³/mol. The molecule has 0 spiro atoms. The first kappa shape index (κ1) is 18.3. The molecule has 1 aliphatic rings. The molecule has 26 heavy (non-hydrogen) atoms. The normalized spacial score (nSPS) is 15.0. The highest BCUT2D eigenvalue weighted by molar-refractivity contribution is 6.30. The van der Waals surface area contributed by atoms with E-state index in [2.05, 4.69) is 10.3 Å². The van der Waals surface area contributed by atoms with Gasteiger partial charge in [-0.05, 0) is 38.0 Å². The van der Waals surface area contributed by atoms with Crippen LogP contribution in [0.3, 0.4) is 0 Å². The van der Waals surface area contributed by atoms with Crippen molar-refractivity contribution in [1.82, 2.24) is 19.9 Å². The van der Waals surface area contributed by atoms with Crippen LogP contribution in [-0.2, 0) is 9.53 Å². The summed E-state index contributed by atoms with van der Waals surface area (Å²) in [5, 5.41) is 17.8. The van der Waals surface area contributed by atoms with E-state index in [1.54, 1.807) is 31.2 Å². The van der Waals surface area contributed by atoms with Crippen molar-refractivity contribution in [3.8, 4) is 5.69 Å². The molecular weight excluding hydrogens is 360 g/mol. The van der Waals surface area contributed by atoms with Crippen LogP contribution in [0.5, 0.6) is 0 Å². The van der Waals surface area contributed by atoms with Gasteiger partial charge in [0.25, 0.3) is 5.91 Å². The molecule has 0 atom stereocenters. The van der Waals surface area contributed by atoms with E-state index in [0.717, 1.165) is 0 Å². The number of hydrogen-bond acceptors (Lipinski definition) is 5. The number of carboxylic acids is 1. The molecule has 3 rings (SSSR count). The minimum Gasteiger partial charge on any atom is -0.480 e. The van der Waals surface area contributed by atoms with Crippen molar-refractivity contribution in [1.29, 1.82) is 0 Å². The van der Waals surface area contributed by atoms with Gasteiger partial charge in [-0.15, -0.1) is 5.10 Å². The van der Waals surface area contributed by atoms with Crippen LogP contribution in [0.25, 0.3) is 5.69 Å². The van der Waals surface area contributed by atoms with Crippen LogP contribution in [-0.4, -0.2) is 62.7 Å². The average Bonchev–Trinajstić information content (AvgIpc) is 3.01. The summed E-state index contributed by atoms with van der Waals surface area (Å²) in [6.07, 6.45) is 1.20. The molecule has 1 aliphatic heterocycles. The smallest absolute Gasteiger partial charge is 0.323 e. The lowest BCUT2D eigenvalue weighted by Gasteiger charge is -2.32. The Labute approximate surface area is 155 Å². The van der Waals surface area contributed by atoms with Crippen LogP contribution in [0, 0.1) is 6.92 Å². The minimum absolute atomic E-state index is 0.137. The number of aliphatic carboxylic acids is 1. The second kappa shape index (κ2) is 7.84. The number of benzene rings is 1. The molecule has 0 saturated carbocycles. The molecule has 1 saturated heterocycles. The van der Waals surface area contributed by atoms with Crippen molar-refractivity contribution in [2.45, 2.75) is 25.8 Å². The average molecular weight is 379 g/mol. The number of halogens is 1. The van der Waals surface area contributed by atoms with Crippen molar-refractivity contribution < 1.29 is 19.4 Å². The fourth-order valence-corrected chi connectivity index (χ4v) is 3.21. The Bertz CT molecular complexity index is 817. The summed E-state index contributed by atoms with van der Waals surface area (Å²) >= 11 is 6.01. The van der Waals surface area contributed by atoms with Crippen molar-refractivity contribution in [3.63, 3.8) is 0 Å². The van der Waals surface area contributed by atoms with Crippen molar-refractivity contribution in [2.75, 3.05) is 19.8 Å². The molecule has 0 radical (unpaired) electrons. The van der Waals surface area contributed by atoms with E-state index in [-0.39, 0.29) is 18.3 Å². The number of amides is 1. The van der Waals surface area contributed by atoms with Gasteiger partial charge in [0, 0.05) is 24.3 Å². The Morgan fingerprint density at radius 1 is 1.38 bits per heavy atom. The molecule has 9 heteroatoms. The highest BCUT2D eigenvalue weighted by atomic mass is 35.5. The van der Waals surface area contributed by atoms with Crippen LogP contribution >= 0.6 is 11.6 Å². The minimum atomic E-state index is -1.07. The van der Waals surface area contributed by atoms with Crippen LogP contribution in [0.4, 0.5) is 0 Å². The van der Waals surface area contributed by atoms with E-state index >= 15 is 0 Å². The number of carbonyl (C=O) groups is 2. The van der Waals surface area contributed by atoms with Gasteiger partial charge < -0.3 is 14.7 Å². The van der Waals surface area contributed by atoms with E-state index in [0.29, 0.717) is 42.5 Å². The van der Waals surface area contributed by atoms with Crippen molar-refractivity contribution in [3.05, 3.63) is 40.7 Å². The second-order valence-corrected chi connectivity index (χ2v) is 6.52. The fourth-order valence-electron chi connectivity index (χ4n) is 3.03. The molecular formula is C17H19ClN4O4. The third-order valence-electron chi connectivity index (χ3n) is 4.35. The summed E-state index contributed by atoms with van der Waals surface area (Å²) in [5.74, 6) is -1.50. The zero-order chi connectivity index (χ0) is 18.7. The lowest BCUT2D eigenvalue weighted by molar-refractivity contribution is -0.138. The van der Waals surface area contributed by atoms with Crippen molar-refractivity contribution in [2.24, 2.45) is 0 Å². The first-order valence-corrected chi connectivity index (χ1v) is 8.64. The largest absolute Gasteiger partial charge is 0.480 e. The maximum absolute atomic E-state index is 13.0. The topological polar surface area (TPSA) is 97.6 Å². The lowest BCUT2D eigenvalue weighted by atomic mass is 10.1. The third kappa shape index (κ3) is 3.86. The molecule has 8 nitrogen and oxygen atoms in total. The maximum Gasteiger partial charge on any atom is 0.323 e. The van der Waals surface area contributed by atoms with Gasteiger partial charge in [0.15, 0.2) is 5.69 Å². The van der Waals surface area contributed by atoms with Crippen LogP contribution < -0.4 is 0 Å². The molecule has 138 valence electrons. The monoisotopic (exact) mass is 378 g/mol. The number of ether oxygens (including phenoxy) is 1. The Kier molecular flexibility index (Phi) is 5.53. The summed E-state index contributed by atoms with van der Waals surface area (Å²) in [7, 11) is 0. The molecule has 0 bridgehead atoms. The number of rotatable bonds is 5. The zero-order valence-corrected chi connectivity index (χ0v) is 15.0. The molecule has 1 aromatic heterocycles. The van der Waals surface area contributed by atoms with Gasteiger partial charge in [-0.3, -0.25) is 9.59 Å². The zero-order valence-electron chi connectivity index (χ0n) is 14.3. The number of hydrogen-bond donors (Lipinski definition) is 1. The second-order valence-electron chi connectivity index (χ2n) is 6.09. The predicted octanol–water partition coefficient (Wildman–Crippen LogP) is 1.93. The first-order chi connectivity index (χ1) is 12.5. The van der Waals surface area contributed by atoms with Gasteiger partial charge in [0.2, 0.25) is 0 Å². The number of carbonyl (C=O) groups excluding carboxylic acids is 1. The summed E-state index contributed by atoms with van der Waals surface area (Å²) in [5.41, 5.74) is 1.34. The molecule has 2 aromatic rings. The van der Waals surface area contributed by atoms with Gasteiger partial charge in [-0.1, -0.05) is 22.9 Å². The highest BCUT2D eigenvalue weighted by Gasteiger charge is 2.31. The molecule has 0 aliphatic carbocycles. The van der Waals surface area contributed by atoms with E-state index in [9.17, 15) is 14.7 Å². The van der Waals surface area contributed by atoms with E-state index in [4.69, 9.17) is 16.3 Å². The summed E-state index contributed by atoms with van der Waals surface area (Å²) < 4.78 is 6.82. The SMILES string of the molecule is Cc1c(C(=O)N(CC(=O)O)C2CCOCC2)nnn1-c1cccc(Cl)c1. The first-order valence-electron chi connectivity index (χ1n) is 8.26. The summed E-state index contributed by atoms with van der Waals surface area (Å²) in [4.78, 5) is 25.6. The Balaban J connectivity index is 1.90. The van der Waals surface area contributed by atoms with Crippen LogP contribution in [0.15, 0.2) is 24.3 Å². The van der Waals surface area contributed by atoms with E-state index in [1.165, 1.54) is 9.58 Å². The Morgan fingerprint density at radius 2 is 2.12 bits per heavy atom. The van der Waals surface area contributed by atoms with Crippen LogP contribution in [0.2, 0.25) is 5.02 Å². The molecule has 1 N–H and O–H groups in total. The van der Waals surface area contributed by atoms with Gasteiger partial charge in [0.1, 0.15) is 6.54 Å². The molecule has 1 fully saturated rings. The molecule has 2 heterocycles. The van der Waals surface area contributed by atoms with Gasteiger partial charge >= 0.3 is 5.97 Å². The molecule has 0 unspecified atom stereocenters. The van der Waals surface area contributed by atoms with Crippen molar-refractivity contribution >= 4 is 23.5 Å². The van der Waals surface area contributed by atoms with E-state index < -0.39 is 11.9 Å². The maximum atomic E-state index is 13.0. The van der Waals surface area contributed by atoms with Gasteiger partial charge in [0.05, 0.1) is 11.4 Å². The molecule has 1 amide bonds. The van der Waals surface area contributed by atoms with E-state index in [1.807, 2.05) is 0 Å². The third-order valence-corrected chi connectivity index (χ3v) is 4.58. The Hall–Kier alpha value is -2.45. The highest BCUT2D eigenvalue weighted by Crippen LogP contribution is 2.20. The quantitative estimate of drug-likeness (QED) is 0.853. The van der Waals surface area contributed by atoms with Gasteiger partial charge in [-0.25, -0.2) is 4.68 Å². The number of nitrogens with zero attached hydrogens (tertiary/aromatic N) is 4. The summed E-state index contributed by atoms with van der Waals surface area (Å²) in [6.45, 7) is 2.34. The van der Waals surface area contributed by atoms with Gasteiger partial charge in [-0.2, -0.15) is 0 Å². The fraction of sp³-hybridized carbons (Fsp3) is 0.412. The Morgan fingerprint density at radius 3 is 2.77 bits per heavy atom. The van der Waals surface area contributed by atoms with Crippen LogP contribution in [0.1, 0.15) is 29.0 Å². The number of carboxylic acid groups (broad SMARTS) is 1. The number of aromatic nitrogens is 3. The summed E-state index contributed by atoms with van der Waals surface area (Å²) in [6, 6.07) is 6.84. The molecule has 1 aromatic carbocycles.